The Morgan fingerprint density at radius 1 is 0.449 bits per heavy atom. The van der Waals surface area contributed by atoms with Gasteiger partial charge in [-0.3, -0.25) is 9.59 Å². The van der Waals surface area contributed by atoms with Crippen LogP contribution in [0.15, 0.2) is 59.7 Å². The molecule has 2 atom stereocenters. The van der Waals surface area contributed by atoms with Crippen LogP contribution in [-0.4, -0.2) is 34.7 Å². The maximum atomic E-state index is 15.8. The van der Waals surface area contributed by atoms with E-state index in [0.29, 0.717) is 36.1 Å². The predicted molar refractivity (Wildman–Crippen MR) is 306 cm³/mol. The lowest BCUT2D eigenvalue weighted by molar-refractivity contribution is -0.124. The van der Waals surface area contributed by atoms with Crippen LogP contribution in [0.4, 0.5) is 0 Å². The van der Waals surface area contributed by atoms with Crippen molar-refractivity contribution in [3.05, 3.63) is 79.2 Å². The van der Waals surface area contributed by atoms with E-state index in [0.717, 1.165) is 46.8 Å². The van der Waals surface area contributed by atoms with Crippen molar-refractivity contribution in [2.24, 2.45) is 11.8 Å². The summed E-state index contributed by atoms with van der Waals surface area (Å²) in [6.45, 7) is 19.5. The van der Waals surface area contributed by atoms with Crippen molar-refractivity contribution in [3.63, 3.8) is 0 Å². The summed E-state index contributed by atoms with van der Waals surface area (Å²) < 4.78 is 2.72. The first kappa shape index (κ1) is 53.8. The van der Waals surface area contributed by atoms with E-state index < -0.39 is 0 Å². The molecule has 0 bridgehead atoms. The Morgan fingerprint density at radius 2 is 0.855 bits per heavy atom. The van der Waals surface area contributed by atoms with E-state index in [4.69, 9.17) is 0 Å². The van der Waals surface area contributed by atoms with Gasteiger partial charge in [-0.15, -0.1) is 45.3 Å². The molecule has 0 aliphatic carbocycles. The van der Waals surface area contributed by atoms with Crippen LogP contribution in [0, 0.1) is 18.8 Å². The molecule has 0 spiro atoms. The first-order chi connectivity index (χ1) is 33.5. The van der Waals surface area contributed by atoms with Crippen LogP contribution in [0.5, 0.6) is 0 Å². The average Bonchev–Trinajstić information content (AvgIpc) is 4.20. The molecule has 0 saturated heterocycles. The Morgan fingerprint density at radius 3 is 1.33 bits per heavy atom. The highest BCUT2D eigenvalue weighted by molar-refractivity contribution is 7.30. The van der Waals surface area contributed by atoms with Gasteiger partial charge in [-0.2, -0.15) is 0 Å². The minimum absolute atomic E-state index is 0.0354. The molecule has 2 unspecified atom stereocenters. The number of nitrogens with zero attached hydrogens (tertiary/aromatic N) is 2. The van der Waals surface area contributed by atoms with Gasteiger partial charge in [-0.25, -0.2) is 0 Å². The van der Waals surface area contributed by atoms with Gasteiger partial charge >= 0.3 is 0 Å². The van der Waals surface area contributed by atoms with Gasteiger partial charge in [-0.1, -0.05) is 189 Å². The molecule has 69 heavy (non-hydrogen) atoms. The monoisotopic (exact) mass is 1010 g/mol. The number of rotatable bonds is 31. The number of thiophene rings is 4. The van der Waals surface area contributed by atoms with Crippen LogP contribution in [0.3, 0.4) is 0 Å². The first-order valence-electron chi connectivity index (χ1n) is 27.7. The van der Waals surface area contributed by atoms with Gasteiger partial charge < -0.3 is 9.80 Å². The van der Waals surface area contributed by atoms with Crippen LogP contribution in [-0.2, 0) is 15.0 Å². The molecule has 7 rings (SSSR count). The third-order valence-corrected chi connectivity index (χ3v) is 20.1. The Labute approximate surface area is 434 Å². The summed E-state index contributed by atoms with van der Waals surface area (Å²) in [5.74, 6) is 0.870. The fourth-order valence-corrected chi connectivity index (χ4v) is 15.5. The molecule has 376 valence electrons. The Balaban J connectivity index is 1.31. The van der Waals surface area contributed by atoms with Crippen molar-refractivity contribution in [1.29, 1.82) is 0 Å². The molecule has 8 heteroatoms. The summed E-state index contributed by atoms with van der Waals surface area (Å²) in [5.41, 5.74) is 3.05. The molecule has 5 aromatic rings. The van der Waals surface area contributed by atoms with E-state index in [9.17, 15) is 0 Å². The largest absolute Gasteiger partial charge is 0.306 e. The third-order valence-electron chi connectivity index (χ3n) is 14.9. The summed E-state index contributed by atoms with van der Waals surface area (Å²) in [4.78, 5) is 43.1. The molecule has 0 fully saturated rings. The molecule has 0 radical (unpaired) electrons. The van der Waals surface area contributed by atoms with E-state index >= 15 is 9.59 Å². The molecule has 2 amide bonds. The number of hydrogen-bond acceptors (Lipinski definition) is 6. The van der Waals surface area contributed by atoms with E-state index in [1.807, 2.05) is 22.7 Å². The smallest absolute Gasteiger partial charge is 0.261 e. The number of benzene rings is 1. The van der Waals surface area contributed by atoms with Crippen LogP contribution < -0.4 is 0 Å². The van der Waals surface area contributed by atoms with Crippen molar-refractivity contribution in [3.8, 4) is 9.75 Å². The second-order valence-corrected chi connectivity index (χ2v) is 26.2. The van der Waals surface area contributed by atoms with Crippen molar-refractivity contribution < 1.29 is 9.59 Å². The normalized spacial score (nSPS) is 15.4. The van der Waals surface area contributed by atoms with Crippen LogP contribution in [0.25, 0.3) is 41.3 Å². The zero-order valence-corrected chi connectivity index (χ0v) is 47.3. The molecular weight excluding hydrogens is 921 g/mol. The molecule has 2 aliphatic heterocycles. The number of carbonyl (C=O) groups excluding carboxylic acids is 2. The predicted octanol–water partition coefficient (Wildman–Crippen LogP) is 20.0. The SMILES string of the molecule is CCCCCCCCC(CCCCCC)CN1C(=O)C2=C(c3ccc(C(C)(C)C)s3)N(CC(CCCCCC)CCCCCCCC)C(=O)C2=C1c1ccc(-c2cc3ccc4cc(C)sc4c3s2)s1. The second kappa shape index (κ2) is 26.1. The van der Waals surface area contributed by atoms with Gasteiger partial charge in [0, 0.05) is 32.6 Å². The Kier molecular flexibility index (Phi) is 20.3. The molecule has 6 heterocycles. The van der Waals surface area contributed by atoms with Gasteiger partial charge in [0.25, 0.3) is 11.8 Å². The van der Waals surface area contributed by atoms with E-state index in [1.54, 1.807) is 22.7 Å². The zero-order valence-electron chi connectivity index (χ0n) is 44.0. The molecule has 4 aromatic heterocycles. The number of hydrogen-bond donors (Lipinski definition) is 0. The van der Waals surface area contributed by atoms with Crippen molar-refractivity contribution in [2.45, 2.75) is 215 Å². The summed E-state index contributed by atoms with van der Waals surface area (Å²) in [6.07, 6.45) is 29.6. The number of amides is 2. The second-order valence-electron chi connectivity index (χ2n) is 21.8. The highest BCUT2D eigenvalue weighted by Crippen LogP contribution is 2.52. The number of unbranched alkanes of at least 4 members (excludes halogenated alkanes) is 16. The lowest BCUT2D eigenvalue weighted by Gasteiger charge is -2.29. The Bertz CT molecular complexity index is 2500. The molecule has 4 nitrogen and oxygen atoms in total. The highest BCUT2D eigenvalue weighted by Gasteiger charge is 2.50. The topological polar surface area (TPSA) is 40.6 Å². The number of carbonyl (C=O) groups is 2. The molecule has 1 aromatic carbocycles. The summed E-state index contributed by atoms with van der Waals surface area (Å²) in [5, 5.41) is 2.60. The minimum Gasteiger partial charge on any atom is -0.306 e. The van der Waals surface area contributed by atoms with Gasteiger partial charge in [0.2, 0.25) is 0 Å². The van der Waals surface area contributed by atoms with Crippen molar-refractivity contribution in [2.75, 3.05) is 13.1 Å². The maximum Gasteiger partial charge on any atom is 0.261 e. The fraction of sp³-hybridized carbons (Fsp3) is 0.607. The van der Waals surface area contributed by atoms with E-state index in [-0.39, 0.29) is 17.2 Å². The van der Waals surface area contributed by atoms with Crippen molar-refractivity contribution in [1.82, 2.24) is 9.80 Å². The van der Waals surface area contributed by atoms with E-state index in [1.165, 1.54) is 168 Å². The van der Waals surface area contributed by atoms with E-state index in [2.05, 4.69) is 114 Å². The standard InChI is InChI=1S/C61H86N2O2S4/c1-9-13-17-21-23-27-31-44(29-25-19-15-11-3)41-62-55(49-36-35-48(67-49)51-40-47-34-33-46-39-43(5)66-57(46)58(47)69-51)53-54(60(62)65)56(50-37-38-52(68-50)61(6,7)8)63(59(53)64)42-45(30-26-20-16-12-4)32-28-24-22-18-14-10-2/h33-40,44-45H,9-32,41-42H2,1-8H3. The van der Waals surface area contributed by atoms with Crippen LogP contribution in [0.1, 0.15) is 222 Å². The van der Waals surface area contributed by atoms with Crippen LogP contribution >= 0.6 is 45.3 Å². The molecule has 2 aliphatic rings. The van der Waals surface area contributed by atoms with Gasteiger partial charge in [0.1, 0.15) is 0 Å². The Hall–Kier alpha value is -3.04. The van der Waals surface area contributed by atoms with Crippen molar-refractivity contribution >= 4 is 88.7 Å². The summed E-state index contributed by atoms with van der Waals surface area (Å²) in [6, 6.07) is 18.2. The minimum atomic E-state index is -0.0354. The molecule has 0 N–H and O–H groups in total. The number of fused-ring (bicyclic) bond motifs is 4. The van der Waals surface area contributed by atoms with Gasteiger partial charge in [0.15, 0.2) is 0 Å². The lowest BCUT2D eigenvalue weighted by Crippen LogP contribution is -2.34. The molecular formula is C61H86N2O2S4. The number of aryl methyl sites for hydroxylation is 1. The summed E-state index contributed by atoms with van der Waals surface area (Å²) in [7, 11) is 0. The quantitative estimate of drug-likeness (QED) is 0.0415. The first-order valence-corrected chi connectivity index (χ1v) is 31.0. The van der Waals surface area contributed by atoms with Gasteiger partial charge in [-0.05, 0) is 97.0 Å². The fourth-order valence-electron chi connectivity index (χ4n) is 10.9. The van der Waals surface area contributed by atoms with Gasteiger partial charge in [0.05, 0.1) is 41.7 Å². The lowest BCUT2D eigenvalue weighted by atomic mass is 9.93. The summed E-state index contributed by atoms with van der Waals surface area (Å²) >= 11 is 7.33. The zero-order chi connectivity index (χ0) is 48.9. The maximum absolute atomic E-state index is 15.8. The third kappa shape index (κ3) is 13.5. The molecule has 0 saturated carbocycles. The highest BCUT2D eigenvalue weighted by atomic mass is 32.1. The van der Waals surface area contributed by atoms with Crippen LogP contribution in [0.2, 0.25) is 0 Å². The average molecular weight is 1010 g/mol.